The first kappa shape index (κ1) is 15.2. The molecule has 1 unspecified atom stereocenters. The number of carbonyl (C=O) groups is 1. The standard InChI is InChI=1S/C14H18N2O3/c1-11(14(18)19)9-16(6-7-17)10-13-5-3-2-4-12(13)8-15/h2-5,11,17H,6-7,9-10H2,1H3,(H,18,19). The summed E-state index contributed by atoms with van der Waals surface area (Å²) in [5.41, 5.74) is 1.42. The molecule has 0 heterocycles. The number of nitrogens with zero attached hydrogens (tertiary/aromatic N) is 2. The predicted octanol–water partition coefficient (Wildman–Crippen LogP) is 1.07. The second kappa shape index (κ2) is 7.52. The second-order valence-corrected chi connectivity index (χ2v) is 4.47. The zero-order chi connectivity index (χ0) is 14.3. The molecule has 0 fully saturated rings. The average Bonchev–Trinajstić information content (AvgIpc) is 2.39. The Labute approximate surface area is 112 Å². The SMILES string of the molecule is CC(CN(CCO)Cc1ccccc1C#N)C(=O)O. The van der Waals surface area contributed by atoms with E-state index in [-0.39, 0.29) is 6.61 Å². The first-order valence-corrected chi connectivity index (χ1v) is 6.12. The van der Waals surface area contributed by atoms with Crippen molar-refractivity contribution in [2.24, 2.45) is 5.92 Å². The number of benzene rings is 1. The molecule has 1 aromatic carbocycles. The van der Waals surface area contributed by atoms with Gasteiger partial charge in [0, 0.05) is 19.6 Å². The van der Waals surface area contributed by atoms with E-state index in [1.165, 1.54) is 0 Å². The zero-order valence-electron chi connectivity index (χ0n) is 10.9. The van der Waals surface area contributed by atoms with Crippen molar-refractivity contribution < 1.29 is 15.0 Å². The summed E-state index contributed by atoms with van der Waals surface area (Å²) >= 11 is 0. The van der Waals surface area contributed by atoms with Crippen LogP contribution in [0.5, 0.6) is 0 Å². The van der Waals surface area contributed by atoms with Gasteiger partial charge < -0.3 is 10.2 Å². The fourth-order valence-electron chi connectivity index (χ4n) is 1.85. The minimum Gasteiger partial charge on any atom is -0.481 e. The highest BCUT2D eigenvalue weighted by Crippen LogP contribution is 2.12. The molecular formula is C14H18N2O3. The minimum absolute atomic E-state index is 0.0406. The van der Waals surface area contributed by atoms with Gasteiger partial charge in [-0.05, 0) is 11.6 Å². The zero-order valence-corrected chi connectivity index (χ0v) is 10.9. The van der Waals surface area contributed by atoms with Crippen LogP contribution in [-0.4, -0.2) is 40.8 Å². The maximum absolute atomic E-state index is 10.9. The van der Waals surface area contributed by atoms with Gasteiger partial charge in [-0.3, -0.25) is 9.69 Å². The molecule has 5 nitrogen and oxygen atoms in total. The third kappa shape index (κ3) is 4.70. The lowest BCUT2D eigenvalue weighted by Crippen LogP contribution is -2.33. The molecule has 0 amide bonds. The molecule has 1 aromatic rings. The number of carboxylic acids is 1. The highest BCUT2D eigenvalue weighted by atomic mass is 16.4. The van der Waals surface area contributed by atoms with Crippen LogP contribution in [0.15, 0.2) is 24.3 Å². The molecular weight excluding hydrogens is 244 g/mol. The largest absolute Gasteiger partial charge is 0.481 e. The van der Waals surface area contributed by atoms with Gasteiger partial charge in [-0.1, -0.05) is 25.1 Å². The van der Waals surface area contributed by atoms with Crippen LogP contribution in [0.3, 0.4) is 0 Å². The molecule has 0 aromatic heterocycles. The summed E-state index contributed by atoms with van der Waals surface area (Å²) in [7, 11) is 0. The quantitative estimate of drug-likeness (QED) is 0.768. The molecule has 0 aliphatic heterocycles. The van der Waals surface area contributed by atoms with Crippen LogP contribution >= 0.6 is 0 Å². The van der Waals surface area contributed by atoms with E-state index in [9.17, 15) is 4.79 Å². The number of aliphatic hydroxyl groups excluding tert-OH is 1. The Morgan fingerprint density at radius 3 is 2.74 bits per heavy atom. The molecule has 0 aliphatic carbocycles. The Kier molecular flexibility index (Phi) is 6.00. The van der Waals surface area contributed by atoms with E-state index < -0.39 is 11.9 Å². The first-order chi connectivity index (χ1) is 9.08. The number of hydrogen-bond acceptors (Lipinski definition) is 4. The number of hydrogen-bond donors (Lipinski definition) is 2. The third-order valence-corrected chi connectivity index (χ3v) is 2.90. The molecule has 102 valence electrons. The maximum Gasteiger partial charge on any atom is 0.307 e. The number of aliphatic hydroxyl groups is 1. The summed E-state index contributed by atoms with van der Waals surface area (Å²) in [5.74, 6) is -1.38. The van der Waals surface area contributed by atoms with E-state index in [4.69, 9.17) is 15.5 Å². The maximum atomic E-state index is 10.9. The Hall–Kier alpha value is -1.90. The number of carboxylic acid groups (broad SMARTS) is 1. The van der Waals surface area contributed by atoms with Crippen LogP contribution < -0.4 is 0 Å². The van der Waals surface area contributed by atoms with Crippen LogP contribution in [0, 0.1) is 17.2 Å². The summed E-state index contributed by atoms with van der Waals surface area (Å²) in [6.45, 7) is 2.78. The van der Waals surface area contributed by atoms with Crippen molar-refractivity contribution in [3.63, 3.8) is 0 Å². The average molecular weight is 262 g/mol. The van der Waals surface area contributed by atoms with Crippen LogP contribution in [-0.2, 0) is 11.3 Å². The van der Waals surface area contributed by atoms with Crippen molar-refractivity contribution >= 4 is 5.97 Å². The van der Waals surface area contributed by atoms with E-state index >= 15 is 0 Å². The lowest BCUT2D eigenvalue weighted by Gasteiger charge is -2.23. The molecule has 0 radical (unpaired) electrons. The molecule has 19 heavy (non-hydrogen) atoms. The molecule has 0 bridgehead atoms. The molecule has 0 aliphatic rings. The summed E-state index contributed by atoms with van der Waals surface area (Å²) in [4.78, 5) is 12.7. The number of aliphatic carboxylic acids is 1. The lowest BCUT2D eigenvalue weighted by atomic mass is 10.1. The van der Waals surface area contributed by atoms with Gasteiger partial charge in [0.15, 0.2) is 0 Å². The summed E-state index contributed by atoms with van der Waals surface area (Å²) in [6, 6.07) is 9.32. The van der Waals surface area contributed by atoms with Crippen LogP contribution in [0.2, 0.25) is 0 Å². The molecule has 2 N–H and O–H groups in total. The monoisotopic (exact) mass is 262 g/mol. The van der Waals surface area contributed by atoms with Crippen molar-refractivity contribution in [1.29, 1.82) is 5.26 Å². The molecule has 0 spiro atoms. The topological polar surface area (TPSA) is 84.6 Å². The predicted molar refractivity (Wildman–Crippen MR) is 70.3 cm³/mol. The van der Waals surface area contributed by atoms with Crippen LogP contribution in [0.4, 0.5) is 0 Å². The highest BCUT2D eigenvalue weighted by molar-refractivity contribution is 5.69. The second-order valence-electron chi connectivity index (χ2n) is 4.47. The minimum atomic E-state index is -0.864. The molecule has 0 saturated carbocycles. The van der Waals surface area contributed by atoms with Crippen molar-refractivity contribution in [3.05, 3.63) is 35.4 Å². The lowest BCUT2D eigenvalue weighted by molar-refractivity contribution is -0.141. The molecule has 1 atom stereocenters. The highest BCUT2D eigenvalue weighted by Gasteiger charge is 2.16. The Bertz CT molecular complexity index is 468. The van der Waals surface area contributed by atoms with Gasteiger partial charge in [-0.2, -0.15) is 5.26 Å². The summed E-state index contributed by atoms with van der Waals surface area (Å²) in [5, 5.41) is 27.0. The van der Waals surface area contributed by atoms with E-state index in [2.05, 4.69) is 6.07 Å². The smallest absolute Gasteiger partial charge is 0.307 e. The van der Waals surface area contributed by atoms with E-state index in [1.54, 1.807) is 19.1 Å². The van der Waals surface area contributed by atoms with E-state index in [0.29, 0.717) is 25.2 Å². The van der Waals surface area contributed by atoms with Gasteiger partial charge in [0.2, 0.25) is 0 Å². The Balaban J connectivity index is 2.78. The van der Waals surface area contributed by atoms with Gasteiger partial charge in [0.25, 0.3) is 0 Å². The van der Waals surface area contributed by atoms with Crippen molar-refractivity contribution in [1.82, 2.24) is 4.90 Å². The van der Waals surface area contributed by atoms with Crippen LogP contribution in [0.1, 0.15) is 18.1 Å². The Morgan fingerprint density at radius 1 is 1.47 bits per heavy atom. The van der Waals surface area contributed by atoms with Crippen molar-refractivity contribution in [2.75, 3.05) is 19.7 Å². The summed E-state index contributed by atoms with van der Waals surface area (Å²) in [6.07, 6.45) is 0. The molecule has 5 heteroatoms. The summed E-state index contributed by atoms with van der Waals surface area (Å²) < 4.78 is 0. The normalized spacial score (nSPS) is 12.1. The third-order valence-electron chi connectivity index (χ3n) is 2.90. The van der Waals surface area contributed by atoms with Gasteiger partial charge >= 0.3 is 5.97 Å². The Morgan fingerprint density at radius 2 is 2.16 bits per heavy atom. The van der Waals surface area contributed by atoms with Gasteiger partial charge in [0.05, 0.1) is 24.2 Å². The number of rotatable bonds is 7. The molecule has 0 saturated heterocycles. The first-order valence-electron chi connectivity index (χ1n) is 6.12. The van der Waals surface area contributed by atoms with Gasteiger partial charge in [-0.15, -0.1) is 0 Å². The van der Waals surface area contributed by atoms with Gasteiger partial charge in [0.1, 0.15) is 0 Å². The fourth-order valence-corrected chi connectivity index (χ4v) is 1.85. The molecule has 1 rings (SSSR count). The fraction of sp³-hybridized carbons (Fsp3) is 0.429. The van der Waals surface area contributed by atoms with Gasteiger partial charge in [-0.25, -0.2) is 0 Å². The van der Waals surface area contributed by atoms with E-state index in [0.717, 1.165) is 5.56 Å². The van der Waals surface area contributed by atoms with Crippen LogP contribution in [0.25, 0.3) is 0 Å². The van der Waals surface area contributed by atoms with Crippen molar-refractivity contribution in [2.45, 2.75) is 13.5 Å². The van der Waals surface area contributed by atoms with Crippen molar-refractivity contribution in [3.8, 4) is 6.07 Å². The van der Waals surface area contributed by atoms with E-state index in [1.807, 2.05) is 17.0 Å². The number of nitriles is 1.